The molecule has 1 aliphatic rings. The van der Waals surface area contributed by atoms with E-state index in [1.54, 1.807) is 0 Å². The van der Waals surface area contributed by atoms with E-state index in [9.17, 15) is 4.79 Å². The maximum absolute atomic E-state index is 12.4. The van der Waals surface area contributed by atoms with Gasteiger partial charge in [-0.05, 0) is 45.6 Å². The van der Waals surface area contributed by atoms with Gasteiger partial charge in [-0.1, -0.05) is 52.3 Å². The van der Waals surface area contributed by atoms with Crippen molar-refractivity contribution in [3.63, 3.8) is 0 Å². The van der Waals surface area contributed by atoms with Crippen LogP contribution in [0.1, 0.15) is 27.5 Å². The molecule has 0 spiro atoms. The molecule has 2 unspecified atom stereocenters. The summed E-state index contributed by atoms with van der Waals surface area (Å²) in [6, 6.07) is 15.7. The van der Waals surface area contributed by atoms with Crippen LogP contribution < -0.4 is 5.32 Å². The first-order valence-corrected chi connectivity index (χ1v) is 8.15. The minimum atomic E-state index is -0.0522. The summed E-state index contributed by atoms with van der Waals surface area (Å²) in [5, 5.41) is 3.13. The normalized spacial score (nSPS) is 20.5. The van der Waals surface area contributed by atoms with Gasteiger partial charge in [-0.3, -0.25) is 4.79 Å². The smallest absolute Gasteiger partial charge is 0.252 e. The van der Waals surface area contributed by atoms with E-state index in [0.717, 1.165) is 10.9 Å². The van der Waals surface area contributed by atoms with Crippen LogP contribution in [-0.4, -0.2) is 10.7 Å². The summed E-state index contributed by atoms with van der Waals surface area (Å²) in [4.78, 5) is 12.7. The zero-order valence-corrected chi connectivity index (χ0v) is 13.8. The first-order chi connectivity index (χ1) is 9.66. The van der Waals surface area contributed by atoms with Crippen LogP contribution >= 0.6 is 31.9 Å². The van der Waals surface area contributed by atoms with Gasteiger partial charge in [0.1, 0.15) is 0 Å². The molecule has 3 rings (SSSR count). The minimum absolute atomic E-state index is 0.0193. The largest absolute Gasteiger partial charge is 0.344 e. The highest BCUT2D eigenvalue weighted by Gasteiger charge is 2.31. The van der Waals surface area contributed by atoms with Crippen LogP contribution in [0.4, 0.5) is 0 Å². The SMILES string of the molecule is O=C(NC1c2ccccc2CC1Br)c1ccccc1Br. The Balaban J connectivity index is 1.85. The van der Waals surface area contributed by atoms with Crippen LogP contribution in [0.15, 0.2) is 53.0 Å². The molecule has 0 heterocycles. The summed E-state index contributed by atoms with van der Waals surface area (Å²) in [7, 11) is 0. The standard InChI is InChI=1S/C16H13Br2NO/c17-13-8-4-3-7-12(13)16(20)19-15-11-6-2-1-5-10(11)9-14(15)18/h1-8,14-15H,9H2,(H,19,20). The third kappa shape index (κ3) is 2.54. The van der Waals surface area contributed by atoms with Crippen LogP contribution in [0.25, 0.3) is 0 Å². The molecule has 0 aliphatic heterocycles. The van der Waals surface area contributed by atoms with E-state index in [-0.39, 0.29) is 16.8 Å². The molecule has 1 aliphatic carbocycles. The van der Waals surface area contributed by atoms with E-state index in [1.807, 2.05) is 36.4 Å². The van der Waals surface area contributed by atoms with Crippen molar-refractivity contribution in [1.82, 2.24) is 5.32 Å². The zero-order valence-electron chi connectivity index (χ0n) is 10.6. The Hall–Kier alpha value is -1.13. The maximum Gasteiger partial charge on any atom is 0.252 e. The number of carbonyl (C=O) groups excluding carboxylic acids is 1. The Morgan fingerprint density at radius 3 is 2.60 bits per heavy atom. The van der Waals surface area contributed by atoms with Crippen molar-refractivity contribution >= 4 is 37.8 Å². The van der Waals surface area contributed by atoms with Gasteiger partial charge >= 0.3 is 0 Å². The van der Waals surface area contributed by atoms with Gasteiger partial charge in [0.15, 0.2) is 0 Å². The zero-order chi connectivity index (χ0) is 14.1. The second kappa shape index (κ2) is 5.70. The molecular formula is C16H13Br2NO. The summed E-state index contributed by atoms with van der Waals surface area (Å²) in [5.41, 5.74) is 3.16. The lowest BCUT2D eigenvalue weighted by Crippen LogP contribution is -2.31. The van der Waals surface area contributed by atoms with E-state index in [0.29, 0.717) is 5.56 Å². The fourth-order valence-electron chi connectivity index (χ4n) is 2.58. The number of alkyl halides is 1. The van der Waals surface area contributed by atoms with Crippen molar-refractivity contribution in [2.45, 2.75) is 17.3 Å². The Kier molecular flexibility index (Phi) is 3.94. The number of halogens is 2. The van der Waals surface area contributed by atoms with Gasteiger partial charge in [-0.15, -0.1) is 0 Å². The topological polar surface area (TPSA) is 29.1 Å². The second-order valence-electron chi connectivity index (χ2n) is 4.85. The molecule has 1 N–H and O–H groups in total. The van der Waals surface area contributed by atoms with Gasteiger partial charge in [-0.25, -0.2) is 0 Å². The summed E-state index contributed by atoms with van der Waals surface area (Å²) < 4.78 is 0.815. The van der Waals surface area contributed by atoms with Crippen molar-refractivity contribution < 1.29 is 4.79 Å². The number of amides is 1. The highest BCUT2D eigenvalue weighted by molar-refractivity contribution is 9.10. The predicted molar refractivity (Wildman–Crippen MR) is 87.2 cm³/mol. The van der Waals surface area contributed by atoms with Gasteiger partial charge in [0, 0.05) is 9.30 Å². The summed E-state index contributed by atoms with van der Waals surface area (Å²) in [5.74, 6) is -0.0522. The molecule has 2 aromatic rings. The molecule has 102 valence electrons. The number of hydrogen-bond acceptors (Lipinski definition) is 1. The third-order valence-corrected chi connectivity index (χ3v) is 5.12. The lowest BCUT2D eigenvalue weighted by Gasteiger charge is -2.18. The Morgan fingerprint density at radius 1 is 1.10 bits per heavy atom. The average Bonchev–Trinajstić information content (AvgIpc) is 2.76. The molecule has 0 aromatic heterocycles. The first-order valence-electron chi connectivity index (χ1n) is 6.44. The number of fused-ring (bicyclic) bond motifs is 1. The Bertz CT molecular complexity index is 656. The molecular weight excluding hydrogens is 382 g/mol. The second-order valence-corrected chi connectivity index (χ2v) is 6.88. The molecule has 4 heteroatoms. The van der Waals surface area contributed by atoms with Crippen LogP contribution in [0.2, 0.25) is 0 Å². The van der Waals surface area contributed by atoms with Gasteiger partial charge < -0.3 is 5.32 Å². The Labute approximate surface area is 134 Å². The first kappa shape index (κ1) is 13.8. The summed E-state index contributed by atoms with van der Waals surface area (Å²) >= 11 is 7.10. The van der Waals surface area contributed by atoms with E-state index in [2.05, 4.69) is 49.3 Å². The molecule has 0 saturated carbocycles. The van der Waals surface area contributed by atoms with E-state index < -0.39 is 0 Å². The highest BCUT2D eigenvalue weighted by Crippen LogP contribution is 2.36. The van der Waals surface area contributed by atoms with E-state index in [4.69, 9.17) is 0 Å². The molecule has 1 amide bonds. The van der Waals surface area contributed by atoms with Crippen LogP contribution in [-0.2, 0) is 6.42 Å². The monoisotopic (exact) mass is 393 g/mol. The number of nitrogens with one attached hydrogen (secondary N) is 1. The number of rotatable bonds is 2. The molecule has 20 heavy (non-hydrogen) atoms. The van der Waals surface area contributed by atoms with E-state index >= 15 is 0 Å². The third-order valence-electron chi connectivity index (χ3n) is 3.57. The number of carbonyl (C=O) groups is 1. The highest BCUT2D eigenvalue weighted by atomic mass is 79.9. The number of benzene rings is 2. The van der Waals surface area contributed by atoms with Crippen LogP contribution in [0.3, 0.4) is 0 Å². The average molecular weight is 395 g/mol. The molecule has 2 atom stereocenters. The summed E-state index contributed by atoms with van der Waals surface area (Å²) in [6.07, 6.45) is 0.942. The molecule has 2 nitrogen and oxygen atoms in total. The minimum Gasteiger partial charge on any atom is -0.344 e. The quantitative estimate of drug-likeness (QED) is 0.758. The van der Waals surface area contributed by atoms with Gasteiger partial charge in [0.05, 0.1) is 11.6 Å². The fourth-order valence-corrected chi connectivity index (χ4v) is 3.81. The van der Waals surface area contributed by atoms with Crippen molar-refractivity contribution in [2.24, 2.45) is 0 Å². The van der Waals surface area contributed by atoms with Crippen molar-refractivity contribution in [2.75, 3.05) is 0 Å². The predicted octanol–water partition coefficient (Wildman–Crippen LogP) is 4.24. The van der Waals surface area contributed by atoms with Crippen molar-refractivity contribution in [3.05, 3.63) is 69.7 Å². The van der Waals surface area contributed by atoms with Gasteiger partial charge in [0.2, 0.25) is 0 Å². The van der Waals surface area contributed by atoms with Crippen molar-refractivity contribution in [1.29, 1.82) is 0 Å². The van der Waals surface area contributed by atoms with E-state index in [1.165, 1.54) is 11.1 Å². The van der Waals surface area contributed by atoms with Crippen LogP contribution in [0.5, 0.6) is 0 Å². The van der Waals surface area contributed by atoms with Gasteiger partial charge in [0.25, 0.3) is 5.91 Å². The molecule has 0 radical (unpaired) electrons. The maximum atomic E-state index is 12.4. The lowest BCUT2D eigenvalue weighted by atomic mass is 10.1. The fraction of sp³-hybridized carbons (Fsp3) is 0.188. The number of hydrogen-bond donors (Lipinski definition) is 1. The molecule has 0 bridgehead atoms. The molecule has 0 saturated heterocycles. The Morgan fingerprint density at radius 2 is 1.80 bits per heavy atom. The van der Waals surface area contributed by atoms with Gasteiger partial charge in [-0.2, -0.15) is 0 Å². The van der Waals surface area contributed by atoms with Crippen molar-refractivity contribution in [3.8, 4) is 0 Å². The lowest BCUT2D eigenvalue weighted by molar-refractivity contribution is 0.0937. The molecule has 0 fully saturated rings. The van der Waals surface area contributed by atoms with Crippen LogP contribution in [0, 0.1) is 0 Å². The molecule has 2 aromatic carbocycles. The summed E-state index contributed by atoms with van der Waals surface area (Å²) in [6.45, 7) is 0.